The van der Waals surface area contributed by atoms with Crippen LogP contribution in [0.3, 0.4) is 0 Å². The van der Waals surface area contributed by atoms with Crippen molar-refractivity contribution in [2.75, 3.05) is 6.54 Å². The number of nitrogens with one attached hydrogen (secondary N) is 1. The molecule has 0 radical (unpaired) electrons. The molecule has 0 amide bonds. The Morgan fingerprint density at radius 1 is 1.80 bits per heavy atom. The van der Waals surface area contributed by atoms with E-state index in [4.69, 9.17) is 6.42 Å². The van der Waals surface area contributed by atoms with Gasteiger partial charge in [0, 0.05) is 6.04 Å². The highest BCUT2D eigenvalue weighted by Gasteiger charge is 2.31. The van der Waals surface area contributed by atoms with Crippen LogP contribution in [0.15, 0.2) is 0 Å². The number of hydrogen-bond acceptors (Lipinski definition) is 2. The maximum absolute atomic E-state index is 9.52. The number of rotatable bonds is 1. The summed E-state index contributed by atoms with van der Waals surface area (Å²) in [6, 6.07) is 0.0949. The van der Waals surface area contributed by atoms with Gasteiger partial charge in [-0.2, -0.15) is 0 Å². The van der Waals surface area contributed by atoms with E-state index in [2.05, 4.69) is 11.2 Å². The lowest BCUT2D eigenvalue weighted by Gasteiger charge is -2.23. The molecule has 56 valence electrons. The van der Waals surface area contributed by atoms with Crippen molar-refractivity contribution in [3.05, 3.63) is 0 Å². The molecule has 0 spiro atoms. The van der Waals surface area contributed by atoms with Gasteiger partial charge in [0.05, 0.1) is 0 Å². The molecule has 0 saturated carbocycles. The average molecular weight is 139 g/mol. The minimum Gasteiger partial charge on any atom is -0.376 e. The summed E-state index contributed by atoms with van der Waals surface area (Å²) in [7, 11) is 0. The van der Waals surface area contributed by atoms with Crippen molar-refractivity contribution in [2.45, 2.75) is 31.4 Å². The zero-order valence-electron chi connectivity index (χ0n) is 6.22. The van der Waals surface area contributed by atoms with Crippen LogP contribution in [-0.2, 0) is 0 Å². The van der Waals surface area contributed by atoms with E-state index < -0.39 is 5.60 Å². The molecule has 2 nitrogen and oxygen atoms in total. The maximum atomic E-state index is 9.52. The zero-order valence-corrected chi connectivity index (χ0v) is 6.22. The van der Waals surface area contributed by atoms with Crippen molar-refractivity contribution in [3.63, 3.8) is 0 Å². The molecule has 1 unspecified atom stereocenters. The maximum Gasteiger partial charge on any atom is 0.137 e. The van der Waals surface area contributed by atoms with Gasteiger partial charge in [-0.3, -0.25) is 0 Å². The highest BCUT2D eigenvalue weighted by molar-refractivity contribution is 5.11. The van der Waals surface area contributed by atoms with Crippen LogP contribution in [-0.4, -0.2) is 23.3 Å². The Bertz CT molecular complexity index is 151. The molecule has 2 atom stereocenters. The lowest BCUT2D eigenvalue weighted by atomic mass is 9.96. The van der Waals surface area contributed by atoms with Gasteiger partial charge in [-0.05, 0) is 26.3 Å². The SMILES string of the molecule is C#C[C@@](C)(O)C1CCCN1. The quantitative estimate of drug-likeness (QED) is 0.506. The summed E-state index contributed by atoms with van der Waals surface area (Å²) < 4.78 is 0. The molecule has 0 bridgehead atoms. The molecule has 1 rings (SSSR count). The van der Waals surface area contributed by atoms with Crippen molar-refractivity contribution in [2.24, 2.45) is 0 Å². The van der Waals surface area contributed by atoms with Gasteiger partial charge in [0.15, 0.2) is 0 Å². The van der Waals surface area contributed by atoms with Crippen LogP contribution in [0.4, 0.5) is 0 Å². The van der Waals surface area contributed by atoms with Crippen LogP contribution in [0.1, 0.15) is 19.8 Å². The zero-order chi connectivity index (χ0) is 7.61. The molecule has 1 aliphatic rings. The van der Waals surface area contributed by atoms with Crippen LogP contribution < -0.4 is 5.32 Å². The summed E-state index contributed by atoms with van der Waals surface area (Å²) >= 11 is 0. The molecule has 1 aliphatic heterocycles. The normalized spacial score (nSPS) is 31.1. The molecule has 0 aromatic rings. The first-order valence-electron chi connectivity index (χ1n) is 3.60. The Balaban J connectivity index is 2.56. The second-order valence-electron chi connectivity index (χ2n) is 2.94. The van der Waals surface area contributed by atoms with Crippen molar-refractivity contribution in [1.29, 1.82) is 0 Å². The van der Waals surface area contributed by atoms with E-state index >= 15 is 0 Å². The molecule has 1 saturated heterocycles. The van der Waals surface area contributed by atoms with Crippen molar-refractivity contribution < 1.29 is 5.11 Å². The van der Waals surface area contributed by atoms with E-state index in [0.29, 0.717) is 0 Å². The fraction of sp³-hybridized carbons (Fsp3) is 0.750. The van der Waals surface area contributed by atoms with Crippen LogP contribution in [0, 0.1) is 12.3 Å². The summed E-state index contributed by atoms with van der Waals surface area (Å²) in [6.45, 7) is 2.65. The van der Waals surface area contributed by atoms with Gasteiger partial charge in [-0.15, -0.1) is 6.42 Å². The lowest BCUT2D eigenvalue weighted by Crippen LogP contribution is -2.43. The van der Waals surface area contributed by atoms with Crippen LogP contribution in [0.2, 0.25) is 0 Å². The average Bonchev–Trinajstić information content (AvgIpc) is 2.38. The van der Waals surface area contributed by atoms with Gasteiger partial charge in [0.25, 0.3) is 0 Å². The summed E-state index contributed by atoms with van der Waals surface area (Å²) in [6.07, 6.45) is 7.24. The van der Waals surface area contributed by atoms with Gasteiger partial charge in [-0.1, -0.05) is 5.92 Å². The third-order valence-electron chi connectivity index (χ3n) is 2.03. The van der Waals surface area contributed by atoms with Gasteiger partial charge in [0.1, 0.15) is 5.60 Å². The van der Waals surface area contributed by atoms with Crippen molar-refractivity contribution >= 4 is 0 Å². The second-order valence-corrected chi connectivity index (χ2v) is 2.94. The third kappa shape index (κ3) is 1.31. The lowest BCUT2D eigenvalue weighted by molar-refractivity contribution is 0.0844. The van der Waals surface area contributed by atoms with E-state index in [9.17, 15) is 5.11 Å². The Kier molecular flexibility index (Phi) is 1.98. The van der Waals surface area contributed by atoms with Crippen LogP contribution in [0.25, 0.3) is 0 Å². The second kappa shape index (κ2) is 2.61. The molecule has 0 aromatic carbocycles. The smallest absolute Gasteiger partial charge is 0.137 e. The fourth-order valence-corrected chi connectivity index (χ4v) is 1.26. The predicted octanol–water partition coefficient (Wildman–Crippen LogP) is 0.123. The topological polar surface area (TPSA) is 32.3 Å². The van der Waals surface area contributed by atoms with E-state index in [1.165, 1.54) is 0 Å². The summed E-state index contributed by atoms with van der Waals surface area (Å²) in [4.78, 5) is 0. The number of terminal acetylenes is 1. The molecular formula is C8H13NO. The molecule has 0 aromatic heterocycles. The first kappa shape index (κ1) is 7.59. The Hall–Kier alpha value is -0.520. The summed E-state index contributed by atoms with van der Waals surface area (Å²) in [5.41, 5.74) is -0.962. The molecule has 2 heteroatoms. The minimum atomic E-state index is -0.962. The highest BCUT2D eigenvalue weighted by atomic mass is 16.3. The molecular weight excluding hydrogens is 126 g/mol. The number of hydrogen-bond donors (Lipinski definition) is 2. The van der Waals surface area contributed by atoms with Gasteiger partial charge in [0.2, 0.25) is 0 Å². The van der Waals surface area contributed by atoms with E-state index in [0.717, 1.165) is 19.4 Å². The molecule has 2 N–H and O–H groups in total. The number of aliphatic hydroxyl groups is 1. The van der Waals surface area contributed by atoms with Crippen molar-refractivity contribution in [3.8, 4) is 12.3 Å². The minimum absolute atomic E-state index is 0.0949. The van der Waals surface area contributed by atoms with E-state index in [-0.39, 0.29) is 6.04 Å². The molecule has 10 heavy (non-hydrogen) atoms. The highest BCUT2D eigenvalue weighted by Crippen LogP contribution is 2.17. The summed E-state index contributed by atoms with van der Waals surface area (Å²) in [5, 5.41) is 12.7. The van der Waals surface area contributed by atoms with E-state index in [1.807, 2.05) is 0 Å². The Labute approximate surface area is 61.6 Å². The first-order chi connectivity index (χ1) is 4.67. The van der Waals surface area contributed by atoms with Crippen molar-refractivity contribution in [1.82, 2.24) is 5.32 Å². The van der Waals surface area contributed by atoms with E-state index in [1.54, 1.807) is 6.92 Å². The first-order valence-corrected chi connectivity index (χ1v) is 3.60. The fourth-order valence-electron chi connectivity index (χ4n) is 1.26. The summed E-state index contributed by atoms with van der Waals surface area (Å²) in [5.74, 6) is 2.38. The van der Waals surface area contributed by atoms with Crippen LogP contribution in [0.5, 0.6) is 0 Å². The third-order valence-corrected chi connectivity index (χ3v) is 2.03. The molecule has 1 heterocycles. The van der Waals surface area contributed by atoms with Gasteiger partial charge in [-0.25, -0.2) is 0 Å². The monoisotopic (exact) mass is 139 g/mol. The molecule has 1 fully saturated rings. The standard InChI is InChI=1S/C8H13NO/c1-3-8(2,10)7-5-4-6-9-7/h1,7,9-10H,4-6H2,2H3/t7?,8-/m1/s1. The Morgan fingerprint density at radius 2 is 2.50 bits per heavy atom. The van der Waals surface area contributed by atoms with Gasteiger partial charge >= 0.3 is 0 Å². The Morgan fingerprint density at radius 3 is 2.90 bits per heavy atom. The van der Waals surface area contributed by atoms with Gasteiger partial charge < -0.3 is 10.4 Å². The largest absolute Gasteiger partial charge is 0.376 e. The predicted molar refractivity (Wildman–Crippen MR) is 40.5 cm³/mol. The van der Waals surface area contributed by atoms with Crippen LogP contribution >= 0.6 is 0 Å². The molecule has 0 aliphatic carbocycles.